The molecule has 1 saturated heterocycles. The van der Waals surface area contributed by atoms with Gasteiger partial charge in [-0.1, -0.05) is 13.8 Å². The lowest BCUT2D eigenvalue weighted by molar-refractivity contribution is 0.291. The minimum absolute atomic E-state index is 0.368. The number of alkyl halides is 1. The Balaban J connectivity index is 2.11. The van der Waals surface area contributed by atoms with Gasteiger partial charge in [0, 0.05) is 31.0 Å². The summed E-state index contributed by atoms with van der Waals surface area (Å²) in [5.74, 6) is 1.31. The zero-order valence-electron chi connectivity index (χ0n) is 9.91. The number of anilines is 1. The summed E-state index contributed by atoms with van der Waals surface area (Å²) in [5.41, 5.74) is 1.34. The number of aromatic nitrogens is 2. The van der Waals surface area contributed by atoms with Crippen LogP contribution in [0.25, 0.3) is 0 Å². The summed E-state index contributed by atoms with van der Waals surface area (Å²) < 4.78 is 0. The van der Waals surface area contributed by atoms with Gasteiger partial charge in [-0.25, -0.2) is 9.97 Å². The SMILES string of the molecule is CC1(C)CCCN(c2ncc(CCl)cn2)C1. The van der Waals surface area contributed by atoms with Gasteiger partial charge in [0.1, 0.15) is 0 Å². The van der Waals surface area contributed by atoms with Crippen LogP contribution in [-0.2, 0) is 5.88 Å². The zero-order chi connectivity index (χ0) is 11.6. The van der Waals surface area contributed by atoms with Gasteiger partial charge in [0.2, 0.25) is 5.95 Å². The van der Waals surface area contributed by atoms with Gasteiger partial charge in [0.05, 0.1) is 5.88 Å². The van der Waals surface area contributed by atoms with Crippen molar-refractivity contribution in [3.63, 3.8) is 0 Å². The molecule has 2 rings (SSSR count). The summed E-state index contributed by atoms with van der Waals surface area (Å²) in [6.45, 7) is 6.69. The van der Waals surface area contributed by atoms with Crippen molar-refractivity contribution >= 4 is 17.5 Å². The largest absolute Gasteiger partial charge is 0.340 e. The van der Waals surface area contributed by atoms with Crippen molar-refractivity contribution < 1.29 is 0 Å². The second kappa shape index (κ2) is 4.58. The number of halogens is 1. The highest BCUT2D eigenvalue weighted by Crippen LogP contribution is 2.29. The number of nitrogens with zero attached hydrogens (tertiary/aromatic N) is 3. The van der Waals surface area contributed by atoms with Gasteiger partial charge in [-0.15, -0.1) is 11.6 Å². The van der Waals surface area contributed by atoms with E-state index in [2.05, 4.69) is 28.7 Å². The molecule has 0 unspecified atom stereocenters. The molecule has 0 atom stereocenters. The van der Waals surface area contributed by atoms with Crippen LogP contribution in [0.3, 0.4) is 0 Å². The van der Waals surface area contributed by atoms with Crippen molar-refractivity contribution in [1.82, 2.24) is 9.97 Å². The lowest BCUT2D eigenvalue weighted by Gasteiger charge is -2.37. The molecule has 0 radical (unpaired) electrons. The van der Waals surface area contributed by atoms with Gasteiger partial charge in [-0.3, -0.25) is 0 Å². The molecule has 0 spiro atoms. The van der Waals surface area contributed by atoms with E-state index >= 15 is 0 Å². The Morgan fingerprint density at radius 3 is 2.62 bits per heavy atom. The van der Waals surface area contributed by atoms with Crippen LogP contribution in [-0.4, -0.2) is 23.1 Å². The minimum Gasteiger partial charge on any atom is -0.340 e. The number of piperidine rings is 1. The molecule has 1 aliphatic rings. The summed E-state index contributed by atoms with van der Waals surface area (Å²) in [6.07, 6.45) is 6.13. The smallest absolute Gasteiger partial charge is 0.225 e. The quantitative estimate of drug-likeness (QED) is 0.744. The van der Waals surface area contributed by atoms with Gasteiger partial charge in [0.15, 0.2) is 0 Å². The molecule has 4 heteroatoms. The van der Waals surface area contributed by atoms with Crippen molar-refractivity contribution in [3.8, 4) is 0 Å². The topological polar surface area (TPSA) is 29.0 Å². The monoisotopic (exact) mass is 239 g/mol. The molecule has 0 saturated carbocycles. The maximum atomic E-state index is 5.72. The van der Waals surface area contributed by atoms with E-state index in [9.17, 15) is 0 Å². The minimum atomic E-state index is 0.368. The molecule has 1 aromatic rings. The van der Waals surface area contributed by atoms with Gasteiger partial charge in [0.25, 0.3) is 0 Å². The van der Waals surface area contributed by atoms with Crippen LogP contribution < -0.4 is 4.90 Å². The van der Waals surface area contributed by atoms with E-state index in [4.69, 9.17) is 11.6 Å². The van der Waals surface area contributed by atoms with Gasteiger partial charge in [-0.05, 0) is 18.3 Å². The van der Waals surface area contributed by atoms with Crippen LogP contribution in [0.2, 0.25) is 0 Å². The van der Waals surface area contributed by atoms with Crippen LogP contribution in [0, 0.1) is 5.41 Å². The van der Waals surface area contributed by atoms with E-state index in [1.807, 2.05) is 12.4 Å². The Bertz CT molecular complexity index is 348. The normalized spacial score (nSPS) is 19.8. The van der Waals surface area contributed by atoms with Gasteiger partial charge >= 0.3 is 0 Å². The lowest BCUT2D eigenvalue weighted by Crippen LogP contribution is -2.40. The second-order valence-electron chi connectivity index (χ2n) is 5.21. The molecule has 0 aliphatic carbocycles. The number of rotatable bonds is 2. The van der Waals surface area contributed by atoms with Crippen molar-refractivity contribution in [2.45, 2.75) is 32.6 Å². The number of hydrogen-bond acceptors (Lipinski definition) is 3. The van der Waals surface area contributed by atoms with Gasteiger partial charge in [-0.2, -0.15) is 0 Å². The molecule has 0 amide bonds. The second-order valence-corrected chi connectivity index (χ2v) is 5.48. The molecule has 0 aromatic carbocycles. The van der Waals surface area contributed by atoms with Crippen LogP contribution in [0.1, 0.15) is 32.3 Å². The molecule has 3 nitrogen and oxygen atoms in total. The van der Waals surface area contributed by atoms with Crippen LogP contribution in [0.5, 0.6) is 0 Å². The maximum Gasteiger partial charge on any atom is 0.225 e. The third-order valence-electron chi connectivity index (χ3n) is 3.03. The van der Waals surface area contributed by atoms with Gasteiger partial charge < -0.3 is 4.90 Å². The predicted octanol–water partition coefficient (Wildman–Crippen LogP) is 2.84. The standard InChI is InChI=1S/C12H18ClN3/c1-12(2)4-3-5-16(9-12)11-14-7-10(6-13)8-15-11/h7-8H,3-6,9H2,1-2H3. The molecule has 1 fully saturated rings. The van der Waals surface area contributed by atoms with Crippen LogP contribution >= 0.6 is 11.6 Å². The predicted molar refractivity (Wildman–Crippen MR) is 66.8 cm³/mol. The first-order chi connectivity index (χ1) is 7.61. The van der Waals surface area contributed by atoms with Crippen molar-refractivity contribution in [2.75, 3.05) is 18.0 Å². The average Bonchev–Trinajstić information content (AvgIpc) is 2.28. The summed E-state index contributed by atoms with van der Waals surface area (Å²) >= 11 is 5.72. The summed E-state index contributed by atoms with van der Waals surface area (Å²) in [4.78, 5) is 11.0. The molecule has 0 N–H and O–H groups in total. The van der Waals surface area contributed by atoms with E-state index in [0.29, 0.717) is 11.3 Å². The zero-order valence-corrected chi connectivity index (χ0v) is 10.7. The van der Waals surface area contributed by atoms with Crippen LogP contribution in [0.15, 0.2) is 12.4 Å². The molecule has 0 bridgehead atoms. The van der Waals surface area contributed by atoms with E-state index in [0.717, 1.165) is 24.6 Å². The van der Waals surface area contributed by atoms with Crippen LogP contribution in [0.4, 0.5) is 5.95 Å². The first-order valence-corrected chi connectivity index (χ1v) is 6.26. The summed E-state index contributed by atoms with van der Waals surface area (Å²) in [7, 11) is 0. The first-order valence-electron chi connectivity index (χ1n) is 5.72. The number of hydrogen-bond donors (Lipinski definition) is 0. The molecular formula is C12H18ClN3. The lowest BCUT2D eigenvalue weighted by atomic mass is 9.84. The average molecular weight is 240 g/mol. The fourth-order valence-corrected chi connectivity index (χ4v) is 2.31. The highest BCUT2D eigenvalue weighted by atomic mass is 35.5. The van der Waals surface area contributed by atoms with E-state index < -0.39 is 0 Å². The highest BCUT2D eigenvalue weighted by Gasteiger charge is 2.27. The summed E-state index contributed by atoms with van der Waals surface area (Å²) in [6, 6.07) is 0. The molecule has 1 aromatic heterocycles. The van der Waals surface area contributed by atoms with E-state index in [1.54, 1.807) is 0 Å². The third-order valence-corrected chi connectivity index (χ3v) is 3.34. The Labute approximate surface area is 102 Å². The molecule has 2 heterocycles. The first kappa shape index (κ1) is 11.6. The fourth-order valence-electron chi connectivity index (χ4n) is 2.17. The molecule has 1 aliphatic heterocycles. The Morgan fingerprint density at radius 1 is 1.38 bits per heavy atom. The van der Waals surface area contributed by atoms with Crippen molar-refractivity contribution in [1.29, 1.82) is 0 Å². The Kier molecular flexibility index (Phi) is 3.33. The Hall–Kier alpha value is -0.830. The molecule has 88 valence electrons. The third kappa shape index (κ3) is 2.64. The maximum absolute atomic E-state index is 5.72. The molecule has 16 heavy (non-hydrogen) atoms. The summed E-state index contributed by atoms with van der Waals surface area (Å²) in [5, 5.41) is 0. The van der Waals surface area contributed by atoms with E-state index in [-0.39, 0.29) is 0 Å². The molecular weight excluding hydrogens is 222 g/mol. The van der Waals surface area contributed by atoms with Crippen molar-refractivity contribution in [2.24, 2.45) is 5.41 Å². The van der Waals surface area contributed by atoms with Crippen molar-refractivity contribution in [3.05, 3.63) is 18.0 Å². The highest BCUT2D eigenvalue weighted by molar-refractivity contribution is 6.17. The Morgan fingerprint density at radius 2 is 2.06 bits per heavy atom. The fraction of sp³-hybridized carbons (Fsp3) is 0.667. The van der Waals surface area contributed by atoms with E-state index in [1.165, 1.54) is 12.8 Å².